The quantitative estimate of drug-likeness (QED) is 0.854. The molecule has 0 radical (unpaired) electrons. The van der Waals surface area contributed by atoms with E-state index >= 15 is 0 Å². The van der Waals surface area contributed by atoms with Crippen molar-refractivity contribution in [3.8, 4) is 11.4 Å². The molecule has 1 aromatic heterocycles. The number of hydrogen-bond donors (Lipinski definition) is 1. The zero-order valence-electron chi connectivity index (χ0n) is 13.0. The maximum atomic E-state index is 5.41. The van der Waals surface area contributed by atoms with Crippen molar-refractivity contribution in [3.63, 3.8) is 0 Å². The van der Waals surface area contributed by atoms with Crippen molar-refractivity contribution >= 4 is 15.9 Å². The lowest BCUT2D eigenvalue weighted by atomic mass is 10.0. The molecule has 0 saturated heterocycles. The molecule has 1 atom stereocenters. The standard InChI is InChI=1S/C16H22BrN3O/c1-10(2)7-13(18-4)9-15-19-16(20-21-15)14-6-5-12(17)8-11(14)3/h5-6,8,10,13,18H,7,9H2,1-4H3. The van der Waals surface area contributed by atoms with Crippen LogP contribution in [0, 0.1) is 12.8 Å². The predicted octanol–water partition coefficient (Wildman–Crippen LogP) is 3.98. The highest BCUT2D eigenvalue weighted by atomic mass is 79.9. The average molecular weight is 352 g/mol. The molecule has 5 heteroatoms. The number of aryl methyl sites for hydroxylation is 1. The molecule has 4 nitrogen and oxygen atoms in total. The second-order valence-electron chi connectivity index (χ2n) is 5.79. The average Bonchev–Trinajstić information content (AvgIpc) is 2.85. The van der Waals surface area contributed by atoms with Gasteiger partial charge in [0.2, 0.25) is 11.7 Å². The summed E-state index contributed by atoms with van der Waals surface area (Å²) < 4.78 is 6.46. The van der Waals surface area contributed by atoms with Crippen LogP contribution in [0.1, 0.15) is 31.7 Å². The van der Waals surface area contributed by atoms with Crippen molar-refractivity contribution in [2.75, 3.05) is 7.05 Å². The molecule has 0 fully saturated rings. The van der Waals surface area contributed by atoms with Crippen LogP contribution < -0.4 is 5.32 Å². The van der Waals surface area contributed by atoms with Gasteiger partial charge in [-0.3, -0.25) is 0 Å². The molecule has 0 spiro atoms. The van der Waals surface area contributed by atoms with Gasteiger partial charge in [-0.1, -0.05) is 34.9 Å². The zero-order valence-corrected chi connectivity index (χ0v) is 14.6. The number of nitrogens with one attached hydrogen (secondary N) is 1. The van der Waals surface area contributed by atoms with Crippen LogP contribution in [-0.4, -0.2) is 23.2 Å². The third kappa shape index (κ3) is 4.38. The van der Waals surface area contributed by atoms with Crippen LogP contribution in [0.4, 0.5) is 0 Å². The first-order valence-corrected chi connectivity index (χ1v) is 8.05. The van der Waals surface area contributed by atoms with Gasteiger partial charge in [0.05, 0.1) is 0 Å². The second kappa shape index (κ2) is 7.18. The van der Waals surface area contributed by atoms with E-state index in [1.807, 2.05) is 26.1 Å². The van der Waals surface area contributed by atoms with Gasteiger partial charge in [-0.2, -0.15) is 4.98 Å². The number of halogens is 1. The molecule has 0 saturated carbocycles. The molecular weight excluding hydrogens is 330 g/mol. The summed E-state index contributed by atoms with van der Waals surface area (Å²) in [5.74, 6) is 1.99. The summed E-state index contributed by atoms with van der Waals surface area (Å²) >= 11 is 3.47. The van der Waals surface area contributed by atoms with Crippen molar-refractivity contribution in [1.82, 2.24) is 15.5 Å². The molecule has 2 aromatic rings. The van der Waals surface area contributed by atoms with Crippen molar-refractivity contribution in [1.29, 1.82) is 0 Å². The minimum absolute atomic E-state index is 0.365. The summed E-state index contributed by atoms with van der Waals surface area (Å²) in [6.45, 7) is 6.48. The fourth-order valence-electron chi connectivity index (χ4n) is 2.41. The van der Waals surface area contributed by atoms with E-state index in [1.54, 1.807) is 0 Å². The van der Waals surface area contributed by atoms with Crippen LogP contribution in [0.15, 0.2) is 27.2 Å². The second-order valence-corrected chi connectivity index (χ2v) is 6.71. The Morgan fingerprint density at radius 3 is 2.71 bits per heavy atom. The van der Waals surface area contributed by atoms with Crippen molar-refractivity contribution in [2.45, 2.75) is 39.7 Å². The minimum Gasteiger partial charge on any atom is -0.339 e. The molecule has 0 amide bonds. The van der Waals surface area contributed by atoms with Crippen LogP contribution in [0.3, 0.4) is 0 Å². The van der Waals surface area contributed by atoms with Crippen LogP contribution in [0.2, 0.25) is 0 Å². The Labute approximate surface area is 134 Å². The van der Waals surface area contributed by atoms with E-state index in [4.69, 9.17) is 4.52 Å². The monoisotopic (exact) mass is 351 g/mol. The van der Waals surface area contributed by atoms with Gasteiger partial charge < -0.3 is 9.84 Å². The van der Waals surface area contributed by atoms with E-state index in [0.717, 1.165) is 28.4 Å². The molecule has 2 rings (SSSR count). The number of likely N-dealkylation sites (N-methyl/N-ethyl adjacent to an activating group) is 1. The highest BCUT2D eigenvalue weighted by Crippen LogP contribution is 2.24. The molecule has 1 aromatic carbocycles. The lowest BCUT2D eigenvalue weighted by Crippen LogP contribution is -2.29. The topological polar surface area (TPSA) is 51.0 Å². The smallest absolute Gasteiger partial charge is 0.228 e. The van der Waals surface area contributed by atoms with Gasteiger partial charge in [0.1, 0.15) is 0 Å². The predicted molar refractivity (Wildman–Crippen MR) is 88.2 cm³/mol. The van der Waals surface area contributed by atoms with Gasteiger partial charge in [0, 0.05) is 22.5 Å². The van der Waals surface area contributed by atoms with E-state index < -0.39 is 0 Å². The number of hydrogen-bond acceptors (Lipinski definition) is 4. The molecule has 114 valence electrons. The molecule has 0 bridgehead atoms. The lowest BCUT2D eigenvalue weighted by Gasteiger charge is -2.15. The van der Waals surface area contributed by atoms with Gasteiger partial charge in [0.25, 0.3) is 0 Å². The van der Waals surface area contributed by atoms with E-state index in [1.165, 1.54) is 0 Å². The molecule has 1 heterocycles. The molecule has 1 unspecified atom stereocenters. The summed E-state index contributed by atoms with van der Waals surface area (Å²) in [6.07, 6.45) is 1.85. The van der Waals surface area contributed by atoms with E-state index in [2.05, 4.69) is 51.3 Å². The minimum atomic E-state index is 0.365. The Balaban J connectivity index is 2.14. The number of aromatic nitrogens is 2. The molecule has 0 aliphatic carbocycles. The zero-order chi connectivity index (χ0) is 15.4. The van der Waals surface area contributed by atoms with E-state index in [-0.39, 0.29) is 0 Å². The Hall–Kier alpha value is -1.20. The Morgan fingerprint density at radius 1 is 1.33 bits per heavy atom. The lowest BCUT2D eigenvalue weighted by molar-refractivity contribution is 0.345. The van der Waals surface area contributed by atoms with Gasteiger partial charge in [-0.15, -0.1) is 0 Å². The fourth-order valence-corrected chi connectivity index (χ4v) is 2.88. The maximum absolute atomic E-state index is 5.41. The van der Waals surface area contributed by atoms with Gasteiger partial charge in [-0.25, -0.2) is 0 Å². The number of nitrogens with zero attached hydrogens (tertiary/aromatic N) is 2. The summed E-state index contributed by atoms with van der Waals surface area (Å²) in [6, 6.07) is 6.43. The first kappa shape index (κ1) is 16.2. The molecule has 0 aliphatic rings. The third-order valence-electron chi connectivity index (χ3n) is 3.48. The fraction of sp³-hybridized carbons (Fsp3) is 0.500. The molecule has 21 heavy (non-hydrogen) atoms. The summed E-state index contributed by atoms with van der Waals surface area (Å²) in [5, 5.41) is 7.43. The maximum Gasteiger partial charge on any atom is 0.228 e. The summed E-state index contributed by atoms with van der Waals surface area (Å²) in [7, 11) is 1.98. The highest BCUT2D eigenvalue weighted by Gasteiger charge is 2.16. The first-order valence-electron chi connectivity index (χ1n) is 7.26. The van der Waals surface area contributed by atoms with Crippen molar-refractivity contribution in [2.24, 2.45) is 5.92 Å². The van der Waals surface area contributed by atoms with Crippen LogP contribution in [-0.2, 0) is 6.42 Å². The summed E-state index contributed by atoms with van der Waals surface area (Å²) in [5.41, 5.74) is 2.14. The van der Waals surface area contributed by atoms with Gasteiger partial charge in [0.15, 0.2) is 0 Å². The Kier molecular flexibility index (Phi) is 5.53. The van der Waals surface area contributed by atoms with Gasteiger partial charge >= 0.3 is 0 Å². The SMILES string of the molecule is CNC(Cc1nc(-c2ccc(Br)cc2C)no1)CC(C)C. The van der Waals surface area contributed by atoms with Crippen LogP contribution >= 0.6 is 15.9 Å². The number of benzene rings is 1. The number of rotatable bonds is 6. The van der Waals surface area contributed by atoms with Crippen LogP contribution in [0.5, 0.6) is 0 Å². The molecule has 0 aliphatic heterocycles. The Morgan fingerprint density at radius 2 is 2.10 bits per heavy atom. The summed E-state index contributed by atoms with van der Waals surface area (Å²) in [4.78, 5) is 4.53. The van der Waals surface area contributed by atoms with E-state index in [0.29, 0.717) is 23.7 Å². The molecular formula is C16H22BrN3O. The highest BCUT2D eigenvalue weighted by molar-refractivity contribution is 9.10. The van der Waals surface area contributed by atoms with E-state index in [9.17, 15) is 0 Å². The van der Waals surface area contributed by atoms with Crippen LogP contribution in [0.25, 0.3) is 11.4 Å². The van der Waals surface area contributed by atoms with Crippen molar-refractivity contribution in [3.05, 3.63) is 34.1 Å². The largest absolute Gasteiger partial charge is 0.339 e. The third-order valence-corrected chi connectivity index (χ3v) is 3.98. The normalized spacial score (nSPS) is 12.9. The van der Waals surface area contributed by atoms with Crippen molar-refractivity contribution < 1.29 is 4.52 Å². The van der Waals surface area contributed by atoms with Gasteiger partial charge in [-0.05, 0) is 50.1 Å². The molecule has 1 N–H and O–H groups in total. The first-order chi connectivity index (χ1) is 9.99. The Bertz CT molecular complexity index is 595.